The van der Waals surface area contributed by atoms with E-state index in [2.05, 4.69) is 0 Å². The van der Waals surface area contributed by atoms with Gasteiger partial charge in [0, 0.05) is 5.56 Å². The van der Waals surface area contributed by atoms with Gasteiger partial charge in [-0.3, -0.25) is 4.72 Å². The topological polar surface area (TPSA) is 119 Å². The Bertz CT molecular complexity index is 1220. The highest BCUT2D eigenvalue weighted by atomic mass is 32.2. The smallest absolute Gasteiger partial charge is 0.255 e. The SMILES string of the molecule is NS(=O)(=O)c1ccc(F)cc1NS(=O)(=O)C=Cc1ccc(-c2ccco2)cc1. The molecule has 0 unspecified atom stereocenters. The maximum absolute atomic E-state index is 13.4. The summed E-state index contributed by atoms with van der Waals surface area (Å²) in [6.07, 6.45) is 2.85. The molecule has 0 aliphatic rings. The summed E-state index contributed by atoms with van der Waals surface area (Å²) in [7, 11) is -8.36. The van der Waals surface area contributed by atoms with Crippen LogP contribution in [0.2, 0.25) is 0 Å². The van der Waals surface area contributed by atoms with Gasteiger partial charge in [-0.25, -0.2) is 26.4 Å². The molecule has 0 aliphatic heterocycles. The van der Waals surface area contributed by atoms with Gasteiger partial charge >= 0.3 is 0 Å². The number of furan rings is 1. The van der Waals surface area contributed by atoms with Crippen molar-refractivity contribution in [2.24, 2.45) is 5.14 Å². The van der Waals surface area contributed by atoms with Crippen LogP contribution in [0.25, 0.3) is 17.4 Å². The summed E-state index contributed by atoms with van der Waals surface area (Å²) in [4.78, 5) is -0.534. The van der Waals surface area contributed by atoms with Crippen molar-refractivity contribution in [2.75, 3.05) is 4.72 Å². The third-order valence-electron chi connectivity index (χ3n) is 3.66. The van der Waals surface area contributed by atoms with E-state index >= 15 is 0 Å². The molecule has 3 rings (SSSR count). The summed E-state index contributed by atoms with van der Waals surface area (Å²) in [5.74, 6) is -0.144. The third kappa shape index (κ3) is 4.85. The number of anilines is 1. The number of primary sulfonamides is 1. The molecule has 2 aromatic carbocycles. The average Bonchev–Trinajstić information content (AvgIpc) is 3.14. The van der Waals surface area contributed by atoms with E-state index in [1.807, 2.05) is 4.72 Å². The second-order valence-corrected chi connectivity index (χ2v) is 8.83. The molecular formula is C18H15FN2O5S2. The molecule has 28 heavy (non-hydrogen) atoms. The Balaban J connectivity index is 1.82. The molecule has 3 aromatic rings. The first-order valence-corrected chi connectivity index (χ1v) is 10.9. The number of nitrogens with one attached hydrogen (secondary N) is 1. The Morgan fingerprint density at radius 3 is 2.32 bits per heavy atom. The lowest BCUT2D eigenvalue weighted by Crippen LogP contribution is -2.17. The third-order valence-corrected chi connectivity index (χ3v) is 5.62. The summed E-state index contributed by atoms with van der Waals surface area (Å²) in [5.41, 5.74) is 0.924. The van der Waals surface area contributed by atoms with E-state index in [9.17, 15) is 21.2 Å². The number of sulfonamides is 2. The molecule has 0 atom stereocenters. The lowest BCUT2D eigenvalue weighted by molar-refractivity contribution is 0.582. The maximum Gasteiger partial charge on any atom is 0.255 e. The van der Waals surface area contributed by atoms with Crippen molar-refractivity contribution < 1.29 is 25.6 Å². The van der Waals surface area contributed by atoms with Crippen LogP contribution in [0, 0.1) is 5.82 Å². The van der Waals surface area contributed by atoms with Crippen LogP contribution in [-0.2, 0) is 20.0 Å². The van der Waals surface area contributed by atoms with Gasteiger partial charge in [0.1, 0.15) is 16.5 Å². The molecular weight excluding hydrogens is 407 g/mol. The van der Waals surface area contributed by atoms with E-state index in [4.69, 9.17) is 9.56 Å². The number of halogens is 1. The van der Waals surface area contributed by atoms with Gasteiger partial charge < -0.3 is 4.42 Å². The summed E-state index contributed by atoms with van der Waals surface area (Å²) in [6, 6.07) is 12.9. The highest BCUT2D eigenvalue weighted by Gasteiger charge is 2.18. The zero-order valence-electron chi connectivity index (χ0n) is 14.2. The first-order valence-electron chi connectivity index (χ1n) is 7.81. The van der Waals surface area contributed by atoms with Crippen molar-refractivity contribution >= 4 is 31.8 Å². The molecule has 0 aliphatic carbocycles. The van der Waals surface area contributed by atoms with Crippen LogP contribution in [-0.4, -0.2) is 16.8 Å². The zero-order chi connectivity index (χ0) is 20.4. The molecule has 0 amide bonds. The molecule has 0 saturated heterocycles. The van der Waals surface area contributed by atoms with Gasteiger partial charge in [-0.05, 0) is 42.0 Å². The molecule has 0 saturated carbocycles. The number of hydrogen-bond donors (Lipinski definition) is 2. The van der Waals surface area contributed by atoms with Gasteiger partial charge in [0.2, 0.25) is 10.0 Å². The van der Waals surface area contributed by atoms with Gasteiger partial charge in [0.05, 0.1) is 17.4 Å². The number of nitrogens with two attached hydrogens (primary N) is 1. The summed E-state index contributed by atoms with van der Waals surface area (Å²) in [5, 5.41) is 5.88. The van der Waals surface area contributed by atoms with Crippen molar-refractivity contribution in [1.29, 1.82) is 0 Å². The fraction of sp³-hybridized carbons (Fsp3) is 0. The van der Waals surface area contributed by atoms with E-state index in [0.717, 1.165) is 29.2 Å². The van der Waals surface area contributed by atoms with Crippen LogP contribution in [0.1, 0.15) is 5.56 Å². The highest BCUT2D eigenvalue weighted by molar-refractivity contribution is 7.95. The van der Waals surface area contributed by atoms with Crippen LogP contribution >= 0.6 is 0 Å². The predicted molar refractivity (Wildman–Crippen MR) is 103 cm³/mol. The largest absolute Gasteiger partial charge is 0.464 e. The Hall–Kier alpha value is -2.95. The van der Waals surface area contributed by atoms with Gasteiger partial charge in [0.25, 0.3) is 10.0 Å². The fourth-order valence-electron chi connectivity index (χ4n) is 2.39. The second kappa shape index (κ2) is 7.58. The normalized spacial score (nSPS) is 12.4. The van der Waals surface area contributed by atoms with E-state index < -0.39 is 36.4 Å². The van der Waals surface area contributed by atoms with Crippen molar-refractivity contribution in [3.05, 3.63) is 77.6 Å². The van der Waals surface area contributed by atoms with Crippen LogP contribution in [0.4, 0.5) is 10.1 Å². The lowest BCUT2D eigenvalue weighted by atomic mass is 10.1. The van der Waals surface area contributed by atoms with Crippen molar-refractivity contribution in [3.8, 4) is 11.3 Å². The molecule has 1 aromatic heterocycles. The first-order chi connectivity index (χ1) is 13.1. The summed E-state index contributed by atoms with van der Waals surface area (Å²) in [6.45, 7) is 0. The maximum atomic E-state index is 13.4. The molecule has 0 radical (unpaired) electrons. The quantitative estimate of drug-likeness (QED) is 0.632. The van der Waals surface area contributed by atoms with Gasteiger partial charge in [-0.15, -0.1) is 0 Å². The molecule has 0 fully saturated rings. The molecule has 146 valence electrons. The number of rotatable bonds is 6. The summed E-state index contributed by atoms with van der Waals surface area (Å²) < 4.78 is 68.3. The minimum absolute atomic E-state index is 0.472. The van der Waals surface area contributed by atoms with Crippen molar-refractivity contribution in [1.82, 2.24) is 0 Å². The van der Waals surface area contributed by atoms with Crippen LogP contribution in [0.3, 0.4) is 0 Å². The highest BCUT2D eigenvalue weighted by Crippen LogP contribution is 2.23. The van der Waals surface area contributed by atoms with Crippen LogP contribution in [0.5, 0.6) is 0 Å². The molecule has 1 heterocycles. The zero-order valence-corrected chi connectivity index (χ0v) is 15.9. The van der Waals surface area contributed by atoms with Crippen molar-refractivity contribution in [2.45, 2.75) is 4.90 Å². The first kappa shape index (κ1) is 19.8. The van der Waals surface area contributed by atoms with E-state index in [-0.39, 0.29) is 0 Å². The van der Waals surface area contributed by atoms with E-state index in [1.54, 1.807) is 42.7 Å². The second-order valence-electron chi connectivity index (χ2n) is 5.73. The van der Waals surface area contributed by atoms with Crippen LogP contribution < -0.4 is 9.86 Å². The van der Waals surface area contributed by atoms with Crippen molar-refractivity contribution in [3.63, 3.8) is 0 Å². The van der Waals surface area contributed by atoms with E-state index in [1.165, 1.54) is 6.08 Å². The molecule has 10 heteroatoms. The minimum atomic E-state index is -4.24. The minimum Gasteiger partial charge on any atom is -0.464 e. The molecule has 3 N–H and O–H groups in total. The summed E-state index contributed by atoms with van der Waals surface area (Å²) >= 11 is 0. The van der Waals surface area contributed by atoms with Gasteiger partial charge in [-0.2, -0.15) is 0 Å². The lowest BCUT2D eigenvalue weighted by Gasteiger charge is -2.09. The molecule has 7 nitrogen and oxygen atoms in total. The Kier molecular flexibility index (Phi) is 5.36. The monoisotopic (exact) mass is 422 g/mol. The molecule has 0 bridgehead atoms. The molecule has 0 spiro atoms. The Labute approximate surface area is 161 Å². The number of benzene rings is 2. The van der Waals surface area contributed by atoms with E-state index in [0.29, 0.717) is 11.3 Å². The van der Waals surface area contributed by atoms with Gasteiger partial charge in [0.15, 0.2) is 0 Å². The Morgan fingerprint density at radius 1 is 1.00 bits per heavy atom. The van der Waals surface area contributed by atoms with Gasteiger partial charge in [-0.1, -0.05) is 24.3 Å². The average molecular weight is 422 g/mol. The number of hydrogen-bond acceptors (Lipinski definition) is 5. The Morgan fingerprint density at radius 2 is 1.71 bits per heavy atom. The predicted octanol–water partition coefficient (Wildman–Crippen LogP) is 3.15. The fourth-order valence-corrected chi connectivity index (χ4v) is 4.01. The standard InChI is InChI=1S/C18H15FN2O5S2/c19-15-7-8-18(28(20,24)25)16(12-15)21-27(22,23)11-9-13-3-5-14(6-4-13)17-2-1-10-26-17/h1-12,21H,(H2,20,24,25). The van der Waals surface area contributed by atoms with Crippen LogP contribution in [0.15, 0.2) is 75.6 Å².